The van der Waals surface area contributed by atoms with Gasteiger partial charge in [0, 0.05) is 18.7 Å². The van der Waals surface area contributed by atoms with Crippen LogP contribution < -0.4 is 4.72 Å². The van der Waals surface area contributed by atoms with Crippen molar-refractivity contribution in [3.05, 3.63) is 29.0 Å². The zero-order valence-corrected chi connectivity index (χ0v) is 15.4. The smallest absolute Gasteiger partial charge is 0.330 e. The molecule has 4 rings (SSSR count). The van der Waals surface area contributed by atoms with Gasteiger partial charge in [-0.25, -0.2) is 9.71 Å². The third-order valence-corrected chi connectivity index (χ3v) is 6.46. The van der Waals surface area contributed by atoms with Gasteiger partial charge in [-0.1, -0.05) is 5.10 Å². The van der Waals surface area contributed by atoms with Crippen LogP contribution >= 0.6 is 11.3 Å². The number of aryl methyl sites for hydroxylation is 2. The van der Waals surface area contributed by atoms with Crippen LogP contribution in [0.3, 0.4) is 0 Å². The number of nitrogens with one attached hydrogen (secondary N) is 1. The molecule has 0 saturated heterocycles. The van der Waals surface area contributed by atoms with E-state index in [1.807, 2.05) is 22.9 Å². The van der Waals surface area contributed by atoms with E-state index in [4.69, 9.17) is 4.42 Å². The van der Waals surface area contributed by atoms with Gasteiger partial charge in [-0.05, 0) is 43.7 Å². The summed E-state index contributed by atoms with van der Waals surface area (Å²) in [7, 11) is -3.87. The molecule has 8 nitrogen and oxygen atoms in total. The van der Waals surface area contributed by atoms with E-state index in [-0.39, 0.29) is 17.1 Å². The Morgan fingerprint density at radius 1 is 1.40 bits per heavy atom. The van der Waals surface area contributed by atoms with E-state index in [1.165, 1.54) is 11.3 Å². The number of nitrogens with zero attached hydrogens (tertiary/aromatic N) is 4. The molecule has 0 amide bonds. The first-order chi connectivity index (χ1) is 11.9. The lowest BCUT2D eigenvalue weighted by Crippen LogP contribution is -2.14. The fraction of sp³-hybridized carbons (Fsp3) is 0.400. The molecule has 132 valence electrons. The van der Waals surface area contributed by atoms with Gasteiger partial charge in [-0.15, -0.1) is 16.4 Å². The van der Waals surface area contributed by atoms with Crippen LogP contribution in [0.15, 0.2) is 27.1 Å². The van der Waals surface area contributed by atoms with E-state index in [0.717, 1.165) is 35.5 Å². The SMILES string of the molecule is Cc1ccsc1-c1nnc(NS(=O)(=O)c2cn3c(n2)CCCC3C)o1. The van der Waals surface area contributed by atoms with E-state index < -0.39 is 10.0 Å². The van der Waals surface area contributed by atoms with Crippen molar-refractivity contribution in [2.24, 2.45) is 0 Å². The van der Waals surface area contributed by atoms with Crippen LogP contribution in [0, 0.1) is 6.92 Å². The van der Waals surface area contributed by atoms with E-state index in [0.29, 0.717) is 5.89 Å². The Morgan fingerprint density at radius 2 is 2.24 bits per heavy atom. The van der Waals surface area contributed by atoms with E-state index in [1.54, 1.807) is 6.20 Å². The quantitative estimate of drug-likeness (QED) is 0.747. The maximum atomic E-state index is 12.6. The maximum Gasteiger partial charge on any atom is 0.330 e. The molecule has 0 aliphatic carbocycles. The van der Waals surface area contributed by atoms with Crippen LogP contribution in [-0.4, -0.2) is 28.2 Å². The lowest BCUT2D eigenvalue weighted by Gasteiger charge is -2.20. The highest BCUT2D eigenvalue weighted by Crippen LogP contribution is 2.30. The molecule has 0 radical (unpaired) electrons. The van der Waals surface area contributed by atoms with Gasteiger partial charge in [0.25, 0.3) is 15.9 Å². The summed E-state index contributed by atoms with van der Waals surface area (Å²) in [6, 6.07) is 2.02. The van der Waals surface area contributed by atoms with E-state index in [9.17, 15) is 8.42 Å². The molecular formula is C15H17N5O3S2. The average Bonchev–Trinajstić information content (AvgIpc) is 3.26. The third kappa shape index (κ3) is 2.95. The predicted octanol–water partition coefficient (Wildman–Crippen LogP) is 3.00. The van der Waals surface area contributed by atoms with Gasteiger partial charge in [0.05, 0.1) is 4.88 Å². The maximum absolute atomic E-state index is 12.6. The summed E-state index contributed by atoms with van der Waals surface area (Å²) < 4.78 is 34.9. The van der Waals surface area contributed by atoms with Crippen molar-refractivity contribution in [3.63, 3.8) is 0 Å². The molecule has 1 aliphatic rings. The first kappa shape index (κ1) is 16.3. The molecule has 0 fully saturated rings. The zero-order chi connectivity index (χ0) is 17.6. The Morgan fingerprint density at radius 3 is 2.96 bits per heavy atom. The van der Waals surface area contributed by atoms with Crippen LogP contribution in [0.25, 0.3) is 10.8 Å². The van der Waals surface area contributed by atoms with Crippen molar-refractivity contribution in [1.82, 2.24) is 19.7 Å². The summed E-state index contributed by atoms with van der Waals surface area (Å²) in [5, 5.41) is 9.59. The number of rotatable bonds is 4. The molecule has 0 bridgehead atoms. The number of thiophene rings is 1. The molecule has 1 N–H and O–H groups in total. The molecule has 0 aromatic carbocycles. The molecule has 10 heteroatoms. The van der Waals surface area contributed by atoms with Gasteiger partial charge in [0.15, 0.2) is 5.03 Å². The van der Waals surface area contributed by atoms with Crippen molar-refractivity contribution >= 4 is 27.4 Å². The van der Waals surface area contributed by atoms with E-state index in [2.05, 4.69) is 26.8 Å². The normalized spacial score (nSPS) is 17.4. The molecule has 4 heterocycles. The Kier molecular flexibility index (Phi) is 3.88. The highest BCUT2D eigenvalue weighted by molar-refractivity contribution is 7.92. The van der Waals surface area contributed by atoms with Crippen LogP contribution in [0.5, 0.6) is 0 Å². The zero-order valence-electron chi connectivity index (χ0n) is 13.8. The Hall–Kier alpha value is -2.20. The van der Waals surface area contributed by atoms with Gasteiger partial charge < -0.3 is 8.98 Å². The number of sulfonamides is 1. The highest BCUT2D eigenvalue weighted by atomic mass is 32.2. The van der Waals surface area contributed by atoms with Crippen molar-refractivity contribution in [2.75, 3.05) is 4.72 Å². The first-order valence-electron chi connectivity index (χ1n) is 7.92. The van der Waals surface area contributed by atoms with Crippen molar-refractivity contribution < 1.29 is 12.8 Å². The summed E-state index contributed by atoms with van der Waals surface area (Å²) in [5.41, 5.74) is 0.999. The molecule has 0 saturated carbocycles. The summed E-state index contributed by atoms with van der Waals surface area (Å²) in [6.07, 6.45) is 4.38. The summed E-state index contributed by atoms with van der Waals surface area (Å²) in [5.74, 6) is 1.09. The van der Waals surface area contributed by atoms with Crippen LogP contribution in [0.2, 0.25) is 0 Å². The molecule has 3 aromatic rings. The Labute approximate surface area is 149 Å². The number of anilines is 1. The predicted molar refractivity (Wildman–Crippen MR) is 93.0 cm³/mol. The van der Waals surface area contributed by atoms with Crippen LogP contribution in [0.4, 0.5) is 6.01 Å². The Bertz CT molecular complexity index is 1020. The van der Waals surface area contributed by atoms with Gasteiger partial charge in [-0.3, -0.25) is 0 Å². The minimum atomic E-state index is -3.87. The van der Waals surface area contributed by atoms with Crippen LogP contribution in [-0.2, 0) is 16.4 Å². The summed E-state index contributed by atoms with van der Waals surface area (Å²) >= 11 is 1.46. The Balaban J connectivity index is 1.60. The van der Waals surface area contributed by atoms with Crippen molar-refractivity contribution in [1.29, 1.82) is 0 Å². The van der Waals surface area contributed by atoms with Gasteiger partial charge in [0.2, 0.25) is 0 Å². The minimum absolute atomic E-state index is 0.0247. The molecule has 0 spiro atoms. The minimum Gasteiger partial charge on any atom is -0.402 e. The number of aromatic nitrogens is 4. The molecule has 25 heavy (non-hydrogen) atoms. The van der Waals surface area contributed by atoms with Gasteiger partial charge >= 0.3 is 6.01 Å². The van der Waals surface area contributed by atoms with E-state index >= 15 is 0 Å². The van der Waals surface area contributed by atoms with Crippen molar-refractivity contribution in [2.45, 2.75) is 44.2 Å². The second kappa shape index (κ2) is 5.95. The topological polar surface area (TPSA) is 103 Å². The molecule has 1 aliphatic heterocycles. The first-order valence-corrected chi connectivity index (χ1v) is 10.3. The summed E-state index contributed by atoms with van der Waals surface area (Å²) in [4.78, 5) is 5.09. The number of hydrogen-bond donors (Lipinski definition) is 1. The molecule has 1 unspecified atom stereocenters. The highest BCUT2D eigenvalue weighted by Gasteiger charge is 2.26. The average molecular weight is 379 g/mol. The largest absolute Gasteiger partial charge is 0.402 e. The molecular weight excluding hydrogens is 362 g/mol. The number of imidazole rings is 1. The number of fused-ring (bicyclic) bond motifs is 1. The standard InChI is InChI=1S/C15H17N5O3S2/c1-9-6-7-24-13(9)14-17-18-15(23-14)19-25(21,22)12-8-20-10(2)4-3-5-11(20)16-12/h6-8,10H,3-5H2,1-2H3,(H,18,19). The lowest BCUT2D eigenvalue weighted by molar-refractivity contribution is 0.425. The lowest BCUT2D eigenvalue weighted by atomic mass is 10.1. The van der Waals surface area contributed by atoms with Gasteiger partial charge in [-0.2, -0.15) is 8.42 Å². The summed E-state index contributed by atoms with van der Waals surface area (Å²) in [6.45, 7) is 3.98. The fourth-order valence-corrected chi connectivity index (χ4v) is 4.65. The second-order valence-corrected chi connectivity index (χ2v) is 8.64. The molecule has 3 aromatic heterocycles. The van der Waals surface area contributed by atoms with Crippen molar-refractivity contribution in [3.8, 4) is 10.8 Å². The third-order valence-electron chi connectivity index (χ3n) is 4.26. The second-order valence-electron chi connectivity index (χ2n) is 6.09. The monoisotopic (exact) mass is 379 g/mol. The van der Waals surface area contributed by atoms with Gasteiger partial charge in [0.1, 0.15) is 5.82 Å². The number of hydrogen-bond acceptors (Lipinski definition) is 7. The fourth-order valence-electron chi connectivity index (χ4n) is 2.91. The molecule has 1 atom stereocenters. The van der Waals surface area contributed by atoms with Crippen LogP contribution in [0.1, 0.15) is 37.2 Å².